The van der Waals surface area contributed by atoms with Crippen LogP contribution >= 0.6 is 0 Å². The molecule has 1 aromatic rings. The van der Waals surface area contributed by atoms with Crippen LogP contribution in [0.15, 0.2) is 30.3 Å². The monoisotopic (exact) mass is 265 g/mol. The molecule has 0 fully saturated rings. The number of hydrogen-bond acceptors (Lipinski definition) is 3. The van der Waals surface area contributed by atoms with Gasteiger partial charge in [0.05, 0.1) is 6.54 Å². The van der Waals surface area contributed by atoms with Gasteiger partial charge in [0.25, 0.3) is 0 Å². The van der Waals surface area contributed by atoms with E-state index in [9.17, 15) is 14.7 Å². The zero-order chi connectivity index (χ0) is 14.3. The Labute approximate surface area is 112 Å². The van der Waals surface area contributed by atoms with Crippen molar-refractivity contribution in [3.63, 3.8) is 0 Å². The van der Waals surface area contributed by atoms with Crippen LogP contribution in [0.4, 0.5) is 0 Å². The number of aryl methyl sites for hydroxylation is 1. The molecule has 104 valence electrons. The quantitative estimate of drug-likeness (QED) is 0.685. The normalized spacial score (nSPS) is 13.6. The Morgan fingerprint density at radius 1 is 1.26 bits per heavy atom. The molecule has 0 radical (unpaired) electrons. The van der Waals surface area contributed by atoms with Crippen molar-refractivity contribution in [2.45, 2.75) is 31.8 Å². The van der Waals surface area contributed by atoms with E-state index in [-0.39, 0.29) is 12.5 Å². The zero-order valence-corrected chi connectivity index (χ0v) is 10.9. The van der Waals surface area contributed by atoms with Gasteiger partial charge in [-0.2, -0.15) is 0 Å². The Hall–Kier alpha value is -1.88. The van der Waals surface area contributed by atoms with E-state index in [2.05, 4.69) is 5.32 Å². The summed E-state index contributed by atoms with van der Waals surface area (Å²) in [4.78, 5) is 22.1. The molecule has 1 amide bonds. The molecular formula is C14H19NO4. The first kappa shape index (κ1) is 15.2. The van der Waals surface area contributed by atoms with Gasteiger partial charge in [0.15, 0.2) is 5.60 Å². The highest BCUT2D eigenvalue weighted by molar-refractivity contribution is 5.80. The van der Waals surface area contributed by atoms with Crippen LogP contribution in [0, 0.1) is 0 Å². The summed E-state index contributed by atoms with van der Waals surface area (Å²) in [6, 6.07) is 9.81. The summed E-state index contributed by atoms with van der Waals surface area (Å²) in [5, 5.41) is 20.5. The van der Waals surface area contributed by atoms with Gasteiger partial charge < -0.3 is 15.5 Å². The van der Waals surface area contributed by atoms with Crippen LogP contribution in [-0.2, 0) is 16.0 Å². The van der Waals surface area contributed by atoms with E-state index in [1.807, 2.05) is 30.3 Å². The summed E-state index contributed by atoms with van der Waals surface area (Å²) in [6.45, 7) is 0.867. The zero-order valence-electron chi connectivity index (χ0n) is 10.9. The first-order valence-electron chi connectivity index (χ1n) is 6.18. The van der Waals surface area contributed by atoms with Crippen molar-refractivity contribution in [1.82, 2.24) is 5.32 Å². The van der Waals surface area contributed by atoms with Crippen molar-refractivity contribution >= 4 is 11.9 Å². The number of carbonyl (C=O) groups is 2. The highest BCUT2D eigenvalue weighted by Gasteiger charge is 2.29. The van der Waals surface area contributed by atoms with Crippen LogP contribution in [0.2, 0.25) is 0 Å². The van der Waals surface area contributed by atoms with Gasteiger partial charge in [0.1, 0.15) is 0 Å². The van der Waals surface area contributed by atoms with Crippen molar-refractivity contribution in [2.24, 2.45) is 0 Å². The Morgan fingerprint density at radius 2 is 1.89 bits per heavy atom. The number of carboxylic acid groups (broad SMARTS) is 1. The molecule has 3 N–H and O–H groups in total. The predicted octanol–water partition coefficient (Wildman–Crippen LogP) is 0.961. The van der Waals surface area contributed by atoms with E-state index in [1.54, 1.807) is 0 Å². The van der Waals surface area contributed by atoms with Crippen molar-refractivity contribution < 1.29 is 19.8 Å². The number of aliphatic carboxylic acids is 1. The highest BCUT2D eigenvalue weighted by atomic mass is 16.4. The van der Waals surface area contributed by atoms with Crippen LogP contribution in [-0.4, -0.2) is 34.2 Å². The Kier molecular flexibility index (Phi) is 5.51. The summed E-state index contributed by atoms with van der Waals surface area (Å²) in [7, 11) is 0. The van der Waals surface area contributed by atoms with E-state index < -0.39 is 11.6 Å². The Morgan fingerprint density at radius 3 is 2.47 bits per heavy atom. The van der Waals surface area contributed by atoms with E-state index in [0.29, 0.717) is 12.8 Å². The van der Waals surface area contributed by atoms with Gasteiger partial charge in [-0.3, -0.25) is 4.79 Å². The standard InChI is InChI=1S/C14H19NO4/c1-14(19,13(17)18)10-15-12(16)9-5-8-11-6-3-2-4-7-11/h2-4,6-7,19H,5,8-10H2,1H3,(H,15,16)(H,17,18). The molecule has 0 aliphatic rings. The van der Waals surface area contributed by atoms with Crippen molar-refractivity contribution in [2.75, 3.05) is 6.54 Å². The van der Waals surface area contributed by atoms with Crippen LogP contribution in [0.3, 0.4) is 0 Å². The second-order valence-electron chi connectivity index (χ2n) is 4.69. The van der Waals surface area contributed by atoms with Crippen molar-refractivity contribution in [3.8, 4) is 0 Å². The van der Waals surface area contributed by atoms with Crippen LogP contribution in [0.5, 0.6) is 0 Å². The summed E-state index contributed by atoms with van der Waals surface area (Å²) in [5.41, 5.74) is -0.762. The maximum Gasteiger partial charge on any atom is 0.337 e. The molecule has 0 saturated carbocycles. The minimum absolute atomic E-state index is 0.252. The van der Waals surface area contributed by atoms with Crippen LogP contribution < -0.4 is 5.32 Å². The minimum atomic E-state index is -1.92. The topological polar surface area (TPSA) is 86.6 Å². The highest BCUT2D eigenvalue weighted by Crippen LogP contribution is 2.05. The average Bonchev–Trinajstić information content (AvgIpc) is 2.37. The molecule has 0 aromatic heterocycles. The fraction of sp³-hybridized carbons (Fsp3) is 0.429. The summed E-state index contributed by atoms with van der Waals surface area (Å²) in [6.07, 6.45) is 1.79. The third kappa shape index (κ3) is 5.52. The molecule has 1 aromatic carbocycles. The van der Waals surface area contributed by atoms with Gasteiger partial charge in [-0.1, -0.05) is 30.3 Å². The molecule has 0 aliphatic heterocycles. The molecule has 5 heteroatoms. The number of rotatable bonds is 7. The van der Waals surface area contributed by atoms with Gasteiger partial charge >= 0.3 is 5.97 Å². The van der Waals surface area contributed by atoms with Crippen molar-refractivity contribution in [3.05, 3.63) is 35.9 Å². The first-order valence-corrected chi connectivity index (χ1v) is 6.18. The molecule has 1 atom stereocenters. The minimum Gasteiger partial charge on any atom is -0.479 e. The van der Waals surface area contributed by atoms with E-state index in [4.69, 9.17) is 5.11 Å². The summed E-state index contributed by atoms with van der Waals surface area (Å²) < 4.78 is 0. The SMILES string of the molecule is CC(O)(CNC(=O)CCCc1ccccc1)C(=O)O. The van der Waals surface area contributed by atoms with Crippen molar-refractivity contribution in [1.29, 1.82) is 0 Å². The molecule has 0 saturated heterocycles. The van der Waals surface area contributed by atoms with Gasteiger partial charge in [-0.25, -0.2) is 4.79 Å². The molecule has 5 nitrogen and oxygen atoms in total. The van der Waals surface area contributed by atoms with Crippen LogP contribution in [0.25, 0.3) is 0 Å². The molecular weight excluding hydrogens is 246 g/mol. The molecule has 0 aliphatic carbocycles. The third-order valence-electron chi connectivity index (χ3n) is 2.80. The lowest BCUT2D eigenvalue weighted by molar-refractivity contribution is -0.156. The lowest BCUT2D eigenvalue weighted by Crippen LogP contribution is -2.46. The smallest absolute Gasteiger partial charge is 0.337 e. The van der Waals surface area contributed by atoms with Gasteiger partial charge in [-0.05, 0) is 25.3 Å². The van der Waals surface area contributed by atoms with E-state index in [0.717, 1.165) is 18.9 Å². The number of amides is 1. The largest absolute Gasteiger partial charge is 0.479 e. The lowest BCUT2D eigenvalue weighted by atomic mass is 10.1. The summed E-state index contributed by atoms with van der Waals surface area (Å²) in [5.74, 6) is -1.60. The lowest BCUT2D eigenvalue weighted by Gasteiger charge is -2.18. The number of carboxylic acids is 1. The Bertz CT molecular complexity index is 428. The predicted molar refractivity (Wildman–Crippen MR) is 70.6 cm³/mol. The molecule has 0 heterocycles. The maximum absolute atomic E-state index is 11.5. The van der Waals surface area contributed by atoms with Gasteiger partial charge in [-0.15, -0.1) is 0 Å². The number of carbonyl (C=O) groups excluding carboxylic acids is 1. The molecule has 0 spiro atoms. The second kappa shape index (κ2) is 6.89. The van der Waals surface area contributed by atoms with E-state index >= 15 is 0 Å². The number of aliphatic hydroxyl groups is 1. The first-order chi connectivity index (χ1) is 8.92. The fourth-order valence-corrected chi connectivity index (χ4v) is 1.53. The van der Waals surface area contributed by atoms with E-state index in [1.165, 1.54) is 0 Å². The molecule has 1 unspecified atom stereocenters. The third-order valence-corrected chi connectivity index (χ3v) is 2.80. The average molecular weight is 265 g/mol. The van der Waals surface area contributed by atoms with Gasteiger partial charge in [0.2, 0.25) is 5.91 Å². The molecule has 19 heavy (non-hydrogen) atoms. The molecule has 1 rings (SSSR count). The molecule has 0 bridgehead atoms. The van der Waals surface area contributed by atoms with Gasteiger partial charge in [0, 0.05) is 6.42 Å². The number of hydrogen-bond donors (Lipinski definition) is 3. The number of benzene rings is 1. The Balaban J connectivity index is 2.24. The number of nitrogens with one attached hydrogen (secondary N) is 1. The van der Waals surface area contributed by atoms with Crippen LogP contribution in [0.1, 0.15) is 25.3 Å². The maximum atomic E-state index is 11.5. The fourth-order valence-electron chi connectivity index (χ4n) is 1.53. The summed E-state index contributed by atoms with van der Waals surface area (Å²) >= 11 is 0. The second-order valence-corrected chi connectivity index (χ2v) is 4.69.